The van der Waals surface area contributed by atoms with E-state index in [2.05, 4.69) is 34.3 Å². The van der Waals surface area contributed by atoms with E-state index in [1.807, 2.05) is 36.4 Å². The Morgan fingerprint density at radius 3 is 2.55 bits per heavy atom. The van der Waals surface area contributed by atoms with Crippen LogP contribution in [0.3, 0.4) is 0 Å². The number of halogens is 1. The van der Waals surface area contributed by atoms with E-state index in [9.17, 15) is 0 Å². The van der Waals surface area contributed by atoms with Gasteiger partial charge in [-0.05, 0) is 38.6 Å². The zero-order valence-electron chi connectivity index (χ0n) is 11.6. The van der Waals surface area contributed by atoms with Crippen LogP contribution in [0.2, 0.25) is 0 Å². The van der Waals surface area contributed by atoms with E-state index >= 15 is 0 Å². The highest BCUT2D eigenvalue weighted by Crippen LogP contribution is 2.51. The summed E-state index contributed by atoms with van der Waals surface area (Å²) in [6.07, 6.45) is 0. The Kier molecular flexibility index (Phi) is 3.04. The minimum Gasteiger partial charge on any atom is -0.117 e. The molecule has 4 rings (SSSR count). The lowest BCUT2D eigenvalue weighted by Crippen LogP contribution is -2.12. The van der Waals surface area contributed by atoms with Crippen LogP contribution in [0.25, 0.3) is 32.3 Å². The van der Waals surface area contributed by atoms with Crippen LogP contribution in [0.1, 0.15) is 22.5 Å². The second-order valence-corrected chi connectivity index (χ2v) is 5.86. The van der Waals surface area contributed by atoms with E-state index in [1.54, 1.807) is 0 Å². The molecule has 0 radical (unpaired) electrons. The van der Waals surface area contributed by atoms with Gasteiger partial charge >= 0.3 is 0 Å². The molecule has 0 saturated heterocycles. The van der Waals surface area contributed by atoms with Gasteiger partial charge < -0.3 is 0 Å². The van der Waals surface area contributed by atoms with Crippen LogP contribution in [0.4, 0.5) is 0 Å². The van der Waals surface area contributed by atoms with Gasteiger partial charge in [0.1, 0.15) is 0 Å². The van der Waals surface area contributed by atoms with Crippen molar-refractivity contribution >= 4 is 22.4 Å². The molecule has 0 aromatic heterocycles. The zero-order valence-corrected chi connectivity index (χ0v) is 12.4. The van der Waals surface area contributed by atoms with Crippen molar-refractivity contribution in [1.29, 1.82) is 0 Å². The lowest BCUT2D eigenvalue weighted by atomic mass is 9.80. The first-order valence-corrected chi connectivity index (χ1v) is 7.54. The van der Waals surface area contributed by atoms with Crippen molar-refractivity contribution in [3.05, 3.63) is 82.2 Å². The summed E-state index contributed by atoms with van der Waals surface area (Å²) in [7, 11) is 0. The van der Waals surface area contributed by atoms with Crippen molar-refractivity contribution in [2.24, 2.45) is 5.11 Å². The van der Waals surface area contributed by atoms with Crippen molar-refractivity contribution in [2.75, 3.05) is 0 Å². The summed E-state index contributed by atoms with van der Waals surface area (Å²) < 4.78 is 0. The summed E-state index contributed by atoms with van der Waals surface area (Å²) in [6.45, 7) is 0. The first-order valence-electron chi connectivity index (χ1n) is 7.10. The zero-order chi connectivity index (χ0) is 15.1. The van der Waals surface area contributed by atoms with Gasteiger partial charge in [0.15, 0.2) is 0 Å². The molecule has 22 heavy (non-hydrogen) atoms. The molecule has 0 unspecified atom stereocenters. The predicted octanol–water partition coefficient (Wildman–Crippen LogP) is 6.15. The highest BCUT2D eigenvalue weighted by Gasteiger charge is 2.32. The normalized spacial score (nSPS) is 19.1. The number of azide groups is 1. The summed E-state index contributed by atoms with van der Waals surface area (Å²) in [5.74, 6) is 0. The van der Waals surface area contributed by atoms with Crippen LogP contribution in [0.5, 0.6) is 0 Å². The maximum absolute atomic E-state index is 8.88. The minimum atomic E-state index is -0.378. The van der Waals surface area contributed by atoms with Gasteiger partial charge in [-0.2, -0.15) is 0 Å². The van der Waals surface area contributed by atoms with Crippen LogP contribution < -0.4 is 0 Å². The summed E-state index contributed by atoms with van der Waals surface area (Å²) in [5, 5.41) is 5.94. The van der Waals surface area contributed by atoms with E-state index in [4.69, 9.17) is 17.1 Å². The molecular weight excluding hydrogens is 294 g/mol. The Morgan fingerprint density at radius 2 is 1.68 bits per heavy atom. The van der Waals surface area contributed by atoms with Crippen molar-refractivity contribution in [1.82, 2.24) is 0 Å². The van der Waals surface area contributed by atoms with Gasteiger partial charge in [0.2, 0.25) is 0 Å². The summed E-state index contributed by atoms with van der Waals surface area (Å²) >= 11 is 6.66. The second-order valence-electron chi connectivity index (χ2n) is 5.39. The quantitative estimate of drug-likeness (QED) is 0.224. The fourth-order valence-corrected chi connectivity index (χ4v) is 3.67. The molecule has 0 amide bonds. The molecule has 1 aliphatic rings. The van der Waals surface area contributed by atoms with Crippen LogP contribution in [0, 0.1) is 0 Å². The fourth-order valence-electron chi connectivity index (χ4n) is 3.31. The van der Waals surface area contributed by atoms with E-state index in [0.29, 0.717) is 0 Å². The standard InChI is InChI=1S/C18H12ClN3/c19-17-15-10-9-11-5-1-2-6-12(11)16(15)13-7-3-4-8-14(13)18(17)21-22-20/h1-10,17-18H/t17-,18-/m1/s1. The van der Waals surface area contributed by atoms with Gasteiger partial charge in [0.05, 0.1) is 11.4 Å². The molecule has 2 atom stereocenters. The third kappa shape index (κ3) is 1.80. The minimum absolute atomic E-state index is 0.356. The molecule has 0 N–H and O–H groups in total. The predicted molar refractivity (Wildman–Crippen MR) is 89.9 cm³/mol. The smallest absolute Gasteiger partial charge is 0.0836 e. The molecule has 0 fully saturated rings. The van der Waals surface area contributed by atoms with Crippen LogP contribution in [0.15, 0.2) is 65.8 Å². The Balaban J connectivity index is 2.13. The molecule has 0 heterocycles. The fraction of sp³-hybridized carbons (Fsp3) is 0.111. The third-order valence-electron chi connectivity index (χ3n) is 4.26. The molecule has 3 nitrogen and oxygen atoms in total. The first-order chi connectivity index (χ1) is 10.8. The van der Waals surface area contributed by atoms with E-state index in [-0.39, 0.29) is 11.4 Å². The van der Waals surface area contributed by atoms with Crippen LogP contribution >= 0.6 is 11.6 Å². The highest BCUT2D eigenvalue weighted by molar-refractivity contribution is 6.23. The summed E-state index contributed by atoms with van der Waals surface area (Å²) in [4.78, 5) is 2.98. The molecule has 3 aromatic carbocycles. The van der Waals surface area contributed by atoms with Gasteiger partial charge in [0.25, 0.3) is 0 Å². The number of fused-ring (bicyclic) bond motifs is 5. The number of alkyl halides is 1. The lowest BCUT2D eigenvalue weighted by molar-refractivity contribution is 0.684. The van der Waals surface area contributed by atoms with Gasteiger partial charge in [-0.1, -0.05) is 65.8 Å². The number of hydrogen-bond donors (Lipinski definition) is 0. The van der Waals surface area contributed by atoms with Gasteiger partial charge in [-0.25, -0.2) is 0 Å². The monoisotopic (exact) mass is 305 g/mol. The topological polar surface area (TPSA) is 48.8 Å². The Morgan fingerprint density at radius 1 is 0.909 bits per heavy atom. The molecule has 1 aliphatic carbocycles. The van der Waals surface area contributed by atoms with E-state index in [1.165, 1.54) is 10.8 Å². The number of rotatable bonds is 1. The summed E-state index contributed by atoms with van der Waals surface area (Å²) in [5.41, 5.74) is 13.1. The second kappa shape index (κ2) is 5.06. The largest absolute Gasteiger partial charge is 0.117 e. The maximum Gasteiger partial charge on any atom is 0.0836 e. The first kappa shape index (κ1) is 13.2. The Labute approximate surface area is 132 Å². The van der Waals surface area contributed by atoms with Gasteiger partial charge in [-0.3, -0.25) is 0 Å². The Hall–Kier alpha value is -2.48. The molecule has 3 aromatic rings. The molecular formula is C18H12ClN3. The van der Waals surface area contributed by atoms with E-state index in [0.717, 1.165) is 22.3 Å². The molecule has 0 spiro atoms. The Bertz CT molecular complexity index is 929. The van der Waals surface area contributed by atoms with Gasteiger partial charge in [0, 0.05) is 4.91 Å². The van der Waals surface area contributed by atoms with E-state index < -0.39 is 0 Å². The average Bonchev–Trinajstić information content (AvgIpc) is 2.58. The van der Waals surface area contributed by atoms with Crippen LogP contribution in [-0.4, -0.2) is 0 Å². The number of benzene rings is 3. The third-order valence-corrected chi connectivity index (χ3v) is 4.73. The SMILES string of the molecule is [N-]=[N+]=N[C@@H]1c2ccccc2-c2c(ccc3ccccc23)[C@H]1Cl. The number of nitrogens with zero attached hydrogens (tertiary/aromatic N) is 3. The maximum atomic E-state index is 8.88. The average molecular weight is 306 g/mol. The van der Waals surface area contributed by atoms with Crippen molar-refractivity contribution in [3.63, 3.8) is 0 Å². The summed E-state index contributed by atoms with van der Waals surface area (Å²) in [6, 6.07) is 20.1. The lowest BCUT2D eigenvalue weighted by Gasteiger charge is -2.30. The number of hydrogen-bond acceptors (Lipinski definition) is 1. The highest BCUT2D eigenvalue weighted by atomic mass is 35.5. The van der Waals surface area contributed by atoms with Crippen molar-refractivity contribution in [3.8, 4) is 11.1 Å². The molecule has 106 valence electrons. The molecule has 0 bridgehead atoms. The molecule has 0 saturated carbocycles. The van der Waals surface area contributed by atoms with Gasteiger partial charge in [-0.15, -0.1) is 11.6 Å². The molecule has 0 aliphatic heterocycles. The van der Waals surface area contributed by atoms with Crippen molar-refractivity contribution in [2.45, 2.75) is 11.4 Å². The molecule has 4 heteroatoms. The van der Waals surface area contributed by atoms with Crippen LogP contribution in [-0.2, 0) is 0 Å². The van der Waals surface area contributed by atoms with Crippen molar-refractivity contribution < 1.29 is 0 Å².